The van der Waals surface area contributed by atoms with Crippen molar-refractivity contribution >= 4 is 0 Å². The fourth-order valence-corrected chi connectivity index (χ4v) is 2.79. The summed E-state index contributed by atoms with van der Waals surface area (Å²) in [7, 11) is 0. The Labute approximate surface area is 91.1 Å². The van der Waals surface area contributed by atoms with Crippen molar-refractivity contribution in [2.24, 2.45) is 0 Å². The highest BCUT2D eigenvalue weighted by atomic mass is 16.3. The Hall–Kier alpha value is -0.980. The second kappa shape index (κ2) is 3.55. The van der Waals surface area contributed by atoms with Gasteiger partial charge in [-0.15, -0.1) is 0 Å². The molecule has 0 unspecified atom stereocenters. The number of phenols is 1. The smallest absolute Gasteiger partial charge is 0.119 e. The third-order valence-electron chi connectivity index (χ3n) is 4.18. The monoisotopic (exact) mass is 202 g/mol. The van der Waals surface area contributed by atoms with E-state index in [0.717, 1.165) is 5.92 Å². The first-order valence-electron chi connectivity index (χ1n) is 6.18. The second-order valence-corrected chi connectivity index (χ2v) is 5.04. The molecule has 1 aromatic carbocycles. The van der Waals surface area contributed by atoms with Crippen molar-refractivity contribution in [3.05, 3.63) is 29.3 Å². The third-order valence-corrected chi connectivity index (χ3v) is 4.18. The van der Waals surface area contributed by atoms with Gasteiger partial charge in [0, 0.05) is 5.56 Å². The van der Waals surface area contributed by atoms with E-state index in [1.165, 1.54) is 49.7 Å². The molecule has 1 heteroatoms. The molecule has 0 saturated heterocycles. The minimum Gasteiger partial charge on any atom is -0.508 e. The Morgan fingerprint density at radius 3 is 2.13 bits per heavy atom. The molecule has 0 aliphatic heterocycles. The van der Waals surface area contributed by atoms with Gasteiger partial charge in [-0.05, 0) is 49.1 Å². The molecule has 0 atom stereocenters. The first kappa shape index (κ1) is 9.26. The Bertz CT molecular complexity index is 362. The molecule has 0 bridgehead atoms. The fourth-order valence-electron chi connectivity index (χ4n) is 2.79. The number of rotatable bonds is 2. The van der Waals surface area contributed by atoms with E-state index in [4.69, 9.17) is 0 Å². The van der Waals surface area contributed by atoms with Gasteiger partial charge in [0.05, 0.1) is 0 Å². The average Bonchev–Trinajstić information content (AvgIpc) is 2.04. The predicted molar refractivity (Wildman–Crippen MR) is 61.3 cm³/mol. The van der Waals surface area contributed by atoms with Gasteiger partial charge in [0.2, 0.25) is 0 Å². The largest absolute Gasteiger partial charge is 0.508 e. The lowest BCUT2D eigenvalue weighted by molar-refractivity contribution is 0.370. The van der Waals surface area contributed by atoms with Crippen molar-refractivity contribution in [2.75, 3.05) is 0 Å². The summed E-state index contributed by atoms with van der Waals surface area (Å²) < 4.78 is 0. The lowest BCUT2D eigenvalue weighted by Gasteiger charge is -2.34. The molecule has 0 spiro atoms. The molecule has 0 amide bonds. The molecule has 1 aromatic rings. The van der Waals surface area contributed by atoms with Gasteiger partial charge < -0.3 is 5.11 Å². The van der Waals surface area contributed by atoms with Gasteiger partial charge >= 0.3 is 0 Å². The van der Waals surface area contributed by atoms with E-state index in [1.807, 2.05) is 12.1 Å². The standard InChI is InChI=1S/C14H18O/c15-13-9-3-8-12(10-4-1-5-10)14(13)11-6-2-7-11/h3,8-11,15H,1-2,4-7H2. The molecule has 0 aromatic heterocycles. The van der Waals surface area contributed by atoms with Gasteiger partial charge in [-0.1, -0.05) is 25.0 Å². The Balaban J connectivity index is 1.99. The van der Waals surface area contributed by atoms with Crippen molar-refractivity contribution in [1.82, 2.24) is 0 Å². The minimum atomic E-state index is 0.545. The summed E-state index contributed by atoms with van der Waals surface area (Å²) in [6.07, 6.45) is 7.90. The molecule has 80 valence electrons. The zero-order chi connectivity index (χ0) is 10.3. The highest BCUT2D eigenvalue weighted by Gasteiger charge is 2.29. The summed E-state index contributed by atoms with van der Waals surface area (Å²) in [6, 6.07) is 6.10. The van der Waals surface area contributed by atoms with Crippen molar-refractivity contribution < 1.29 is 5.11 Å². The molecular weight excluding hydrogens is 184 g/mol. The van der Waals surface area contributed by atoms with Crippen molar-refractivity contribution in [3.8, 4) is 5.75 Å². The maximum absolute atomic E-state index is 10.00. The Morgan fingerprint density at radius 2 is 1.60 bits per heavy atom. The number of benzene rings is 1. The summed E-state index contributed by atoms with van der Waals surface area (Å²) in [5, 5.41) is 10.00. The summed E-state index contributed by atoms with van der Waals surface area (Å²) in [6.45, 7) is 0. The number of hydrogen-bond donors (Lipinski definition) is 1. The molecule has 2 aliphatic carbocycles. The van der Waals surface area contributed by atoms with Crippen LogP contribution < -0.4 is 0 Å². The summed E-state index contributed by atoms with van der Waals surface area (Å²) in [5.74, 6) is 1.94. The normalized spacial score (nSPS) is 22.1. The fraction of sp³-hybridized carbons (Fsp3) is 0.571. The van der Waals surface area contributed by atoms with Crippen LogP contribution in [-0.2, 0) is 0 Å². The van der Waals surface area contributed by atoms with Crippen molar-refractivity contribution in [1.29, 1.82) is 0 Å². The van der Waals surface area contributed by atoms with Gasteiger partial charge in [0.25, 0.3) is 0 Å². The summed E-state index contributed by atoms with van der Waals surface area (Å²) in [4.78, 5) is 0. The zero-order valence-electron chi connectivity index (χ0n) is 9.08. The van der Waals surface area contributed by atoms with Crippen LogP contribution in [0.15, 0.2) is 18.2 Å². The van der Waals surface area contributed by atoms with E-state index < -0.39 is 0 Å². The van der Waals surface area contributed by atoms with Crippen LogP contribution in [0.5, 0.6) is 5.75 Å². The van der Waals surface area contributed by atoms with Gasteiger partial charge in [-0.3, -0.25) is 0 Å². The average molecular weight is 202 g/mol. The summed E-state index contributed by atoms with van der Waals surface area (Å²) in [5.41, 5.74) is 2.74. The van der Waals surface area contributed by atoms with Crippen LogP contribution in [0.1, 0.15) is 61.5 Å². The van der Waals surface area contributed by atoms with Crippen molar-refractivity contribution in [3.63, 3.8) is 0 Å². The van der Waals surface area contributed by atoms with E-state index >= 15 is 0 Å². The van der Waals surface area contributed by atoms with Crippen molar-refractivity contribution in [2.45, 2.75) is 50.4 Å². The molecule has 0 heterocycles. The SMILES string of the molecule is Oc1cccc(C2CCC2)c1C1CCC1. The molecule has 2 fully saturated rings. The molecule has 0 radical (unpaired) electrons. The molecular formula is C14H18O. The maximum Gasteiger partial charge on any atom is 0.119 e. The first-order chi connectivity index (χ1) is 7.36. The van der Waals surface area contributed by atoms with Crippen LogP contribution >= 0.6 is 0 Å². The number of phenolic OH excluding ortho intramolecular Hbond substituents is 1. The lowest BCUT2D eigenvalue weighted by Crippen LogP contribution is -2.16. The van der Waals surface area contributed by atoms with Crippen LogP contribution in [0.2, 0.25) is 0 Å². The predicted octanol–water partition coefficient (Wildman–Crippen LogP) is 3.93. The summed E-state index contributed by atoms with van der Waals surface area (Å²) >= 11 is 0. The number of hydrogen-bond acceptors (Lipinski definition) is 1. The Kier molecular flexibility index (Phi) is 2.19. The van der Waals surface area contributed by atoms with E-state index in [0.29, 0.717) is 11.7 Å². The van der Waals surface area contributed by atoms with E-state index in [-0.39, 0.29) is 0 Å². The van der Waals surface area contributed by atoms with Crippen LogP contribution in [0, 0.1) is 0 Å². The lowest BCUT2D eigenvalue weighted by atomic mass is 9.71. The van der Waals surface area contributed by atoms with Gasteiger partial charge in [-0.2, -0.15) is 0 Å². The Morgan fingerprint density at radius 1 is 0.933 bits per heavy atom. The van der Waals surface area contributed by atoms with Crippen LogP contribution in [0.25, 0.3) is 0 Å². The highest BCUT2D eigenvalue weighted by Crippen LogP contribution is 2.47. The molecule has 3 rings (SSSR count). The van der Waals surface area contributed by atoms with Crippen LogP contribution in [0.3, 0.4) is 0 Å². The van der Waals surface area contributed by atoms with Gasteiger partial charge in [0.1, 0.15) is 5.75 Å². The van der Waals surface area contributed by atoms with Crippen LogP contribution in [-0.4, -0.2) is 5.11 Å². The molecule has 1 N–H and O–H groups in total. The van der Waals surface area contributed by atoms with Gasteiger partial charge in [0.15, 0.2) is 0 Å². The topological polar surface area (TPSA) is 20.2 Å². The van der Waals surface area contributed by atoms with E-state index in [1.54, 1.807) is 0 Å². The maximum atomic E-state index is 10.00. The third kappa shape index (κ3) is 1.45. The first-order valence-corrected chi connectivity index (χ1v) is 6.18. The second-order valence-electron chi connectivity index (χ2n) is 5.04. The van der Waals surface area contributed by atoms with E-state index in [2.05, 4.69) is 6.07 Å². The molecule has 2 aliphatic rings. The highest BCUT2D eigenvalue weighted by molar-refractivity contribution is 5.45. The molecule has 2 saturated carbocycles. The zero-order valence-corrected chi connectivity index (χ0v) is 9.08. The van der Waals surface area contributed by atoms with Gasteiger partial charge in [-0.25, -0.2) is 0 Å². The molecule has 15 heavy (non-hydrogen) atoms. The van der Waals surface area contributed by atoms with E-state index in [9.17, 15) is 5.11 Å². The quantitative estimate of drug-likeness (QED) is 0.770. The molecule has 1 nitrogen and oxygen atoms in total. The van der Waals surface area contributed by atoms with Crippen LogP contribution in [0.4, 0.5) is 0 Å². The minimum absolute atomic E-state index is 0.545. The number of aromatic hydroxyl groups is 1.